The fourth-order valence-corrected chi connectivity index (χ4v) is 4.56. The van der Waals surface area contributed by atoms with Crippen molar-refractivity contribution >= 4 is 11.7 Å². The van der Waals surface area contributed by atoms with E-state index in [1.54, 1.807) is 10.8 Å². The van der Waals surface area contributed by atoms with Gasteiger partial charge in [0.05, 0.1) is 12.7 Å². The Morgan fingerprint density at radius 1 is 0.800 bits per heavy atom. The van der Waals surface area contributed by atoms with Gasteiger partial charge in [-0.05, 0) is 28.8 Å². The number of fused-ring (bicyclic) bond motifs is 1. The second-order valence-corrected chi connectivity index (χ2v) is 8.72. The Morgan fingerprint density at radius 2 is 1.49 bits per heavy atom. The van der Waals surface area contributed by atoms with Crippen LogP contribution in [0, 0.1) is 0 Å². The maximum absolute atomic E-state index is 13.4. The smallest absolute Gasteiger partial charge is 0.359 e. The first kappa shape index (κ1) is 21.1. The Balaban J connectivity index is 1.38. The molecule has 5 nitrogen and oxygen atoms in total. The molecule has 0 amide bonds. The third-order valence-corrected chi connectivity index (χ3v) is 6.36. The molecule has 6 rings (SSSR count). The lowest BCUT2D eigenvalue weighted by Crippen LogP contribution is -2.44. The molecule has 2 aromatic heterocycles. The topological polar surface area (TPSA) is 59.0 Å². The van der Waals surface area contributed by atoms with Crippen molar-refractivity contribution in [3.8, 4) is 22.4 Å². The SMILES string of the molecule is O=C1C(Cc2ccco2)Nc2c(Cc3ccccc3)nc(-c3ccc(-c4ccccc4)cc3)c[n+]21. The quantitative estimate of drug-likeness (QED) is 0.338. The molecule has 3 aromatic carbocycles. The first-order chi connectivity index (χ1) is 17.2. The van der Waals surface area contributed by atoms with E-state index in [1.807, 2.05) is 54.7 Å². The van der Waals surface area contributed by atoms with E-state index in [2.05, 4.69) is 53.8 Å². The average Bonchev–Trinajstić information content (AvgIpc) is 3.54. The van der Waals surface area contributed by atoms with Gasteiger partial charge in [0.15, 0.2) is 0 Å². The normalized spacial score (nSPS) is 14.5. The lowest BCUT2D eigenvalue weighted by molar-refractivity contribution is -0.552. The van der Waals surface area contributed by atoms with E-state index < -0.39 is 6.04 Å². The average molecular weight is 459 g/mol. The molecular formula is C30H24N3O2+. The van der Waals surface area contributed by atoms with Gasteiger partial charge in [0.25, 0.3) is 0 Å². The molecule has 3 heterocycles. The summed E-state index contributed by atoms with van der Waals surface area (Å²) in [7, 11) is 0. The van der Waals surface area contributed by atoms with E-state index in [0.717, 1.165) is 39.7 Å². The number of rotatable bonds is 6. The van der Waals surface area contributed by atoms with Crippen LogP contribution in [0.3, 0.4) is 0 Å². The number of anilines is 1. The van der Waals surface area contributed by atoms with Crippen LogP contribution in [0.5, 0.6) is 0 Å². The Hall–Kier alpha value is -4.51. The summed E-state index contributed by atoms with van der Waals surface area (Å²) in [6.07, 6.45) is 4.59. The van der Waals surface area contributed by atoms with Crippen LogP contribution in [-0.2, 0) is 12.8 Å². The van der Waals surface area contributed by atoms with Crippen LogP contribution in [0.25, 0.3) is 22.4 Å². The van der Waals surface area contributed by atoms with Crippen LogP contribution in [-0.4, -0.2) is 16.9 Å². The Labute approximate surface area is 203 Å². The zero-order valence-electron chi connectivity index (χ0n) is 19.1. The van der Waals surface area contributed by atoms with Crippen molar-refractivity contribution in [2.45, 2.75) is 18.9 Å². The Morgan fingerprint density at radius 3 is 2.20 bits per heavy atom. The van der Waals surface area contributed by atoms with Crippen LogP contribution < -0.4 is 9.88 Å². The minimum atomic E-state index is -0.395. The maximum atomic E-state index is 13.4. The van der Waals surface area contributed by atoms with Crippen LogP contribution >= 0.6 is 0 Å². The van der Waals surface area contributed by atoms with Gasteiger partial charge in [0.2, 0.25) is 6.04 Å². The van der Waals surface area contributed by atoms with Crippen molar-refractivity contribution in [2.75, 3.05) is 5.32 Å². The molecule has 1 unspecified atom stereocenters. The number of aromatic nitrogens is 2. The van der Waals surface area contributed by atoms with Crippen molar-refractivity contribution in [1.82, 2.24) is 4.98 Å². The van der Waals surface area contributed by atoms with Gasteiger partial charge < -0.3 is 4.42 Å². The lowest BCUT2D eigenvalue weighted by Gasteiger charge is -2.08. The maximum Gasteiger partial charge on any atom is 0.359 e. The molecule has 1 aliphatic rings. The Bertz CT molecular complexity index is 1460. The summed E-state index contributed by atoms with van der Waals surface area (Å²) in [4.78, 5) is 18.4. The van der Waals surface area contributed by atoms with Crippen molar-refractivity contribution in [2.24, 2.45) is 0 Å². The summed E-state index contributed by atoms with van der Waals surface area (Å²) in [5, 5.41) is 3.41. The highest BCUT2D eigenvalue weighted by molar-refractivity contribution is 5.82. The minimum absolute atomic E-state index is 0.00438. The summed E-state index contributed by atoms with van der Waals surface area (Å²) >= 11 is 0. The molecule has 35 heavy (non-hydrogen) atoms. The predicted molar refractivity (Wildman–Crippen MR) is 135 cm³/mol. The molecule has 170 valence electrons. The molecule has 0 aliphatic carbocycles. The first-order valence-corrected chi connectivity index (χ1v) is 11.7. The van der Waals surface area contributed by atoms with Gasteiger partial charge in [-0.25, -0.2) is 9.78 Å². The highest BCUT2D eigenvalue weighted by Crippen LogP contribution is 2.27. The van der Waals surface area contributed by atoms with Crippen LogP contribution in [0.1, 0.15) is 21.8 Å². The second kappa shape index (κ2) is 9.03. The van der Waals surface area contributed by atoms with Gasteiger partial charge in [0, 0.05) is 12.0 Å². The highest BCUT2D eigenvalue weighted by Gasteiger charge is 2.41. The molecule has 5 heteroatoms. The molecule has 1 N–H and O–H groups in total. The number of furan rings is 1. The zero-order valence-corrected chi connectivity index (χ0v) is 19.1. The van der Waals surface area contributed by atoms with E-state index in [1.165, 1.54) is 5.56 Å². The summed E-state index contributed by atoms with van der Waals surface area (Å²) < 4.78 is 7.21. The van der Waals surface area contributed by atoms with Gasteiger partial charge in [0.1, 0.15) is 23.3 Å². The molecule has 0 spiro atoms. The van der Waals surface area contributed by atoms with Crippen LogP contribution in [0.4, 0.5) is 5.82 Å². The van der Waals surface area contributed by atoms with Gasteiger partial charge in [-0.3, -0.25) is 5.32 Å². The van der Waals surface area contributed by atoms with Crippen molar-refractivity contribution in [3.05, 3.63) is 127 Å². The van der Waals surface area contributed by atoms with Gasteiger partial charge >= 0.3 is 11.7 Å². The van der Waals surface area contributed by atoms with Crippen molar-refractivity contribution in [1.29, 1.82) is 0 Å². The van der Waals surface area contributed by atoms with Crippen molar-refractivity contribution in [3.63, 3.8) is 0 Å². The molecule has 0 saturated carbocycles. The number of carbonyl (C=O) groups excluding carboxylic acids is 1. The molecule has 0 saturated heterocycles. The van der Waals surface area contributed by atoms with E-state index in [-0.39, 0.29) is 5.91 Å². The van der Waals surface area contributed by atoms with Gasteiger partial charge in [-0.2, -0.15) is 4.57 Å². The summed E-state index contributed by atoms with van der Waals surface area (Å²) in [5.41, 5.74) is 6.04. The zero-order chi connectivity index (χ0) is 23.6. The fourth-order valence-electron chi connectivity index (χ4n) is 4.56. The van der Waals surface area contributed by atoms with E-state index in [9.17, 15) is 4.79 Å². The van der Waals surface area contributed by atoms with E-state index in [4.69, 9.17) is 9.40 Å². The van der Waals surface area contributed by atoms with Crippen molar-refractivity contribution < 1.29 is 13.8 Å². The summed E-state index contributed by atoms with van der Waals surface area (Å²) in [6, 6.07) is 32.2. The number of benzene rings is 3. The van der Waals surface area contributed by atoms with Gasteiger partial charge in [-0.1, -0.05) is 84.9 Å². The highest BCUT2D eigenvalue weighted by atomic mass is 16.3. The summed E-state index contributed by atoms with van der Waals surface area (Å²) in [5.74, 6) is 1.52. The monoisotopic (exact) mass is 458 g/mol. The first-order valence-electron chi connectivity index (χ1n) is 11.7. The molecule has 5 aromatic rings. The molecule has 0 bridgehead atoms. The standard InChI is InChI=1S/C30H23N3O2/c34-30-27(19-25-12-7-17-35-25)32-29-26(18-21-8-3-1-4-9-21)31-28(20-33(29)30)24-15-13-23(14-16-24)22-10-5-2-6-11-22/h1-17,20,27H,18-19H2/p+1. The third kappa shape index (κ3) is 4.24. The number of nitrogens with zero attached hydrogens (tertiary/aromatic N) is 2. The molecule has 0 fully saturated rings. The van der Waals surface area contributed by atoms with E-state index >= 15 is 0 Å². The number of hydrogen-bond acceptors (Lipinski definition) is 4. The molecule has 1 aliphatic heterocycles. The summed E-state index contributed by atoms with van der Waals surface area (Å²) in [6.45, 7) is 0. The minimum Gasteiger partial charge on any atom is -0.469 e. The predicted octanol–water partition coefficient (Wildman–Crippen LogP) is 5.56. The van der Waals surface area contributed by atoms with E-state index in [0.29, 0.717) is 12.8 Å². The molecule has 1 atom stereocenters. The van der Waals surface area contributed by atoms with Crippen LogP contribution in [0.15, 0.2) is 114 Å². The number of nitrogens with one attached hydrogen (secondary N) is 1. The molecule has 0 radical (unpaired) electrons. The molecular weight excluding hydrogens is 434 g/mol. The van der Waals surface area contributed by atoms with Gasteiger partial charge in [-0.15, -0.1) is 0 Å². The van der Waals surface area contributed by atoms with Crippen LogP contribution in [0.2, 0.25) is 0 Å². The lowest BCUT2D eigenvalue weighted by atomic mass is 10.0. The Kier molecular flexibility index (Phi) is 5.43. The number of carbonyl (C=O) groups is 1. The number of hydrogen-bond donors (Lipinski definition) is 1. The second-order valence-electron chi connectivity index (χ2n) is 8.72. The third-order valence-electron chi connectivity index (χ3n) is 6.36. The largest absolute Gasteiger partial charge is 0.469 e. The fraction of sp³-hybridized carbons (Fsp3) is 0.100.